The van der Waals surface area contributed by atoms with Crippen LogP contribution in [-0.4, -0.2) is 19.2 Å². The van der Waals surface area contributed by atoms with Gasteiger partial charge in [-0.1, -0.05) is 47.5 Å². The number of para-hydroxylation sites is 1. The minimum absolute atomic E-state index is 0.327. The first-order valence-electron chi connectivity index (χ1n) is 7.67. The third-order valence-corrected chi connectivity index (χ3v) is 4.28. The molecule has 24 heavy (non-hydrogen) atoms. The van der Waals surface area contributed by atoms with Crippen molar-refractivity contribution in [2.24, 2.45) is 0 Å². The van der Waals surface area contributed by atoms with Crippen LogP contribution < -0.4 is 15.4 Å². The Bertz CT molecular complexity index is 700. The number of ether oxygens (including phenoxy) is 1. The van der Waals surface area contributed by atoms with E-state index in [-0.39, 0.29) is 6.03 Å². The van der Waals surface area contributed by atoms with Gasteiger partial charge in [-0.05, 0) is 43.5 Å². The third-order valence-electron chi connectivity index (χ3n) is 3.46. The van der Waals surface area contributed by atoms with E-state index in [9.17, 15) is 4.79 Å². The van der Waals surface area contributed by atoms with E-state index in [2.05, 4.69) is 10.6 Å². The van der Waals surface area contributed by atoms with Gasteiger partial charge in [0.1, 0.15) is 5.75 Å². The second-order valence-electron chi connectivity index (χ2n) is 5.41. The summed E-state index contributed by atoms with van der Waals surface area (Å²) in [5.41, 5.74) is 2.70. The highest BCUT2D eigenvalue weighted by atomic mass is 35.5. The molecule has 0 heterocycles. The fourth-order valence-corrected chi connectivity index (χ4v) is 2.59. The van der Waals surface area contributed by atoms with E-state index in [1.165, 1.54) is 0 Å². The Kier molecular flexibility index (Phi) is 6.76. The van der Waals surface area contributed by atoms with Crippen molar-refractivity contribution in [3.8, 4) is 5.75 Å². The number of anilines is 1. The summed E-state index contributed by atoms with van der Waals surface area (Å²) in [6.45, 7) is 5.06. The van der Waals surface area contributed by atoms with Crippen molar-refractivity contribution in [1.29, 1.82) is 0 Å². The molecule has 0 fully saturated rings. The van der Waals surface area contributed by atoms with Crippen LogP contribution in [0.1, 0.15) is 17.5 Å². The molecule has 0 aliphatic carbocycles. The summed E-state index contributed by atoms with van der Waals surface area (Å²) in [5, 5.41) is 6.16. The number of amides is 2. The van der Waals surface area contributed by atoms with Gasteiger partial charge in [0.2, 0.25) is 0 Å². The fraction of sp³-hybridized carbons (Fsp3) is 0.278. The molecule has 0 aliphatic rings. The van der Waals surface area contributed by atoms with Crippen LogP contribution in [0.5, 0.6) is 5.75 Å². The molecule has 0 bridgehead atoms. The van der Waals surface area contributed by atoms with Gasteiger partial charge in [-0.25, -0.2) is 4.79 Å². The molecule has 4 nitrogen and oxygen atoms in total. The molecule has 0 aliphatic heterocycles. The Morgan fingerprint density at radius 2 is 1.75 bits per heavy atom. The third kappa shape index (κ3) is 5.05. The van der Waals surface area contributed by atoms with Crippen LogP contribution in [0.4, 0.5) is 10.5 Å². The number of carbonyl (C=O) groups is 1. The van der Waals surface area contributed by atoms with Gasteiger partial charge in [-0.3, -0.25) is 0 Å². The standard InChI is InChI=1S/C18H20Cl2N2O2/c1-12-6-3-7-13(2)17(12)24-11-5-10-21-18(23)22-15-9-4-8-14(19)16(15)20/h3-4,6-9H,5,10-11H2,1-2H3,(H2,21,22,23). The molecule has 2 aromatic rings. The lowest BCUT2D eigenvalue weighted by Gasteiger charge is -2.12. The minimum atomic E-state index is -0.328. The Balaban J connectivity index is 1.72. The van der Waals surface area contributed by atoms with E-state index >= 15 is 0 Å². The zero-order valence-electron chi connectivity index (χ0n) is 13.7. The van der Waals surface area contributed by atoms with Gasteiger partial charge in [-0.2, -0.15) is 0 Å². The quantitative estimate of drug-likeness (QED) is 0.690. The van der Waals surface area contributed by atoms with Crippen LogP contribution >= 0.6 is 23.2 Å². The SMILES string of the molecule is Cc1cccc(C)c1OCCCNC(=O)Nc1cccc(Cl)c1Cl. The summed E-state index contributed by atoms with van der Waals surface area (Å²) in [5.74, 6) is 0.910. The lowest BCUT2D eigenvalue weighted by Crippen LogP contribution is -2.30. The average Bonchev–Trinajstić information content (AvgIpc) is 2.54. The zero-order chi connectivity index (χ0) is 17.5. The van der Waals surface area contributed by atoms with Crippen molar-refractivity contribution >= 4 is 34.9 Å². The molecule has 2 N–H and O–H groups in total. The van der Waals surface area contributed by atoms with E-state index in [1.54, 1.807) is 18.2 Å². The zero-order valence-corrected chi connectivity index (χ0v) is 15.2. The molecule has 0 radical (unpaired) electrons. The molecule has 0 aromatic heterocycles. The number of rotatable bonds is 6. The second kappa shape index (κ2) is 8.81. The fourth-order valence-electron chi connectivity index (χ4n) is 2.24. The number of hydrogen-bond acceptors (Lipinski definition) is 2. The lowest BCUT2D eigenvalue weighted by atomic mass is 10.1. The number of benzene rings is 2. The largest absolute Gasteiger partial charge is 0.493 e. The van der Waals surface area contributed by atoms with E-state index < -0.39 is 0 Å². The number of carbonyl (C=O) groups excluding carboxylic acids is 1. The number of aryl methyl sites for hydroxylation is 2. The van der Waals surface area contributed by atoms with Crippen molar-refractivity contribution in [1.82, 2.24) is 5.32 Å². The molecule has 0 unspecified atom stereocenters. The predicted molar refractivity (Wildman–Crippen MR) is 99.5 cm³/mol. The van der Waals surface area contributed by atoms with E-state index in [4.69, 9.17) is 27.9 Å². The maximum atomic E-state index is 11.9. The van der Waals surface area contributed by atoms with Gasteiger partial charge in [0.15, 0.2) is 0 Å². The Hall–Kier alpha value is -1.91. The van der Waals surface area contributed by atoms with Crippen LogP contribution in [0.3, 0.4) is 0 Å². The first kappa shape index (κ1) is 18.4. The molecule has 6 heteroatoms. The van der Waals surface area contributed by atoms with E-state index in [0.29, 0.717) is 35.3 Å². The molecule has 0 saturated heterocycles. The summed E-state index contributed by atoms with van der Waals surface area (Å²) in [6.07, 6.45) is 0.699. The Morgan fingerprint density at radius 3 is 2.46 bits per heavy atom. The maximum Gasteiger partial charge on any atom is 0.319 e. The minimum Gasteiger partial charge on any atom is -0.493 e. The molecule has 2 aromatic carbocycles. The van der Waals surface area contributed by atoms with Crippen molar-refractivity contribution in [3.05, 3.63) is 57.6 Å². The molecule has 0 atom stereocenters. The Morgan fingerprint density at radius 1 is 1.08 bits per heavy atom. The van der Waals surface area contributed by atoms with Crippen molar-refractivity contribution < 1.29 is 9.53 Å². The van der Waals surface area contributed by atoms with Gasteiger partial charge < -0.3 is 15.4 Å². The van der Waals surface area contributed by atoms with Crippen LogP contribution in [0, 0.1) is 13.8 Å². The van der Waals surface area contributed by atoms with Crippen LogP contribution in [0.2, 0.25) is 10.0 Å². The molecule has 0 spiro atoms. The Labute approximate surface area is 152 Å². The average molecular weight is 367 g/mol. The first-order valence-corrected chi connectivity index (χ1v) is 8.42. The van der Waals surface area contributed by atoms with Crippen molar-refractivity contribution in [3.63, 3.8) is 0 Å². The highest BCUT2D eigenvalue weighted by Crippen LogP contribution is 2.29. The van der Waals surface area contributed by atoms with Crippen LogP contribution in [-0.2, 0) is 0 Å². The molecule has 2 amide bonds. The molecule has 2 rings (SSSR count). The van der Waals surface area contributed by atoms with Gasteiger partial charge in [0, 0.05) is 6.54 Å². The summed E-state index contributed by atoms with van der Waals surface area (Å²) in [6, 6.07) is 10.8. The molecular weight excluding hydrogens is 347 g/mol. The number of nitrogens with one attached hydrogen (secondary N) is 2. The summed E-state index contributed by atoms with van der Waals surface area (Å²) < 4.78 is 5.79. The lowest BCUT2D eigenvalue weighted by molar-refractivity contribution is 0.250. The van der Waals surface area contributed by atoms with Gasteiger partial charge in [0.05, 0.1) is 22.3 Å². The van der Waals surface area contributed by atoms with Gasteiger partial charge in [-0.15, -0.1) is 0 Å². The highest BCUT2D eigenvalue weighted by molar-refractivity contribution is 6.43. The monoisotopic (exact) mass is 366 g/mol. The van der Waals surface area contributed by atoms with Gasteiger partial charge in [0.25, 0.3) is 0 Å². The summed E-state index contributed by atoms with van der Waals surface area (Å²) in [4.78, 5) is 11.9. The van der Waals surface area contributed by atoms with Crippen LogP contribution in [0.25, 0.3) is 0 Å². The maximum absolute atomic E-state index is 11.9. The predicted octanol–water partition coefficient (Wildman–Crippen LogP) is 5.20. The summed E-state index contributed by atoms with van der Waals surface area (Å²) >= 11 is 11.9. The van der Waals surface area contributed by atoms with Crippen molar-refractivity contribution in [2.45, 2.75) is 20.3 Å². The first-order chi connectivity index (χ1) is 11.5. The highest BCUT2D eigenvalue weighted by Gasteiger charge is 2.08. The van der Waals surface area contributed by atoms with Crippen LogP contribution in [0.15, 0.2) is 36.4 Å². The topological polar surface area (TPSA) is 50.4 Å². The summed E-state index contributed by atoms with van der Waals surface area (Å²) in [7, 11) is 0. The second-order valence-corrected chi connectivity index (χ2v) is 6.19. The van der Waals surface area contributed by atoms with E-state index in [0.717, 1.165) is 16.9 Å². The number of urea groups is 1. The van der Waals surface area contributed by atoms with E-state index in [1.807, 2.05) is 32.0 Å². The number of halogens is 2. The molecule has 128 valence electrons. The normalized spacial score (nSPS) is 10.3. The van der Waals surface area contributed by atoms with Crippen molar-refractivity contribution in [2.75, 3.05) is 18.5 Å². The van der Waals surface area contributed by atoms with Gasteiger partial charge >= 0.3 is 6.03 Å². The smallest absolute Gasteiger partial charge is 0.319 e. The molecular formula is C18H20Cl2N2O2. The molecule has 0 saturated carbocycles. The number of hydrogen-bond donors (Lipinski definition) is 2.